The first-order valence-corrected chi connectivity index (χ1v) is 9.51. The van der Waals surface area contributed by atoms with Gasteiger partial charge in [0.05, 0.1) is 26.0 Å². The number of aryl methyl sites for hydroxylation is 1. The SMILES string of the molecule is C=C(C)NC(=Nc1ccc(C2=CCOCC2)c(OC)c1)c1nccn1C.C=CC. The summed E-state index contributed by atoms with van der Waals surface area (Å²) in [5.74, 6) is 2.18. The van der Waals surface area contributed by atoms with Gasteiger partial charge in [-0.1, -0.05) is 18.7 Å². The van der Waals surface area contributed by atoms with Gasteiger partial charge in [0, 0.05) is 36.8 Å². The molecule has 1 N–H and O–H groups in total. The first-order chi connectivity index (χ1) is 14.0. The highest BCUT2D eigenvalue weighted by Gasteiger charge is 2.14. The third-order valence-electron chi connectivity index (χ3n) is 4.10. The number of aliphatic imine (C=N–C) groups is 1. The Kier molecular flexibility index (Phi) is 8.43. The molecule has 3 rings (SSSR count). The van der Waals surface area contributed by atoms with Crippen molar-refractivity contribution in [2.24, 2.45) is 12.0 Å². The van der Waals surface area contributed by atoms with Crippen molar-refractivity contribution in [3.05, 3.63) is 73.0 Å². The second-order valence-electron chi connectivity index (χ2n) is 6.57. The van der Waals surface area contributed by atoms with Crippen molar-refractivity contribution in [2.75, 3.05) is 20.3 Å². The van der Waals surface area contributed by atoms with E-state index in [4.69, 9.17) is 14.5 Å². The molecule has 0 aliphatic carbocycles. The van der Waals surface area contributed by atoms with E-state index in [0.717, 1.165) is 41.5 Å². The minimum absolute atomic E-state index is 0.643. The second kappa shape index (κ2) is 11.0. The average molecular weight is 395 g/mol. The standard InChI is InChI=1S/C20H24N4O2.C3H6/c1-14(2)22-19(20-21-9-10-24(20)3)23-16-5-6-17(18(13-16)25-4)15-7-11-26-12-8-15;1-3-2/h5-7,9-10,13H,1,8,11-12H2,2-4H3,(H,22,23);3H,1H2,2H3. The number of nitrogens with one attached hydrogen (secondary N) is 1. The van der Waals surface area contributed by atoms with Crippen molar-refractivity contribution in [1.82, 2.24) is 14.9 Å². The molecular formula is C23H30N4O2. The highest BCUT2D eigenvalue weighted by Crippen LogP contribution is 2.33. The fourth-order valence-electron chi connectivity index (χ4n) is 2.85. The monoisotopic (exact) mass is 394 g/mol. The van der Waals surface area contributed by atoms with Crippen LogP contribution in [-0.2, 0) is 11.8 Å². The topological polar surface area (TPSA) is 60.7 Å². The average Bonchev–Trinajstić information content (AvgIpc) is 3.14. The largest absolute Gasteiger partial charge is 0.496 e. The lowest BCUT2D eigenvalue weighted by atomic mass is 10.00. The van der Waals surface area contributed by atoms with Gasteiger partial charge in [0.1, 0.15) is 5.75 Å². The van der Waals surface area contributed by atoms with Crippen LogP contribution in [0.5, 0.6) is 5.75 Å². The zero-order chi connectivity index (χ0) is 21.2. The van der Waals surface area contributed by atoms with E-state index in [2.05, 4.69) is 29.5 Å². The van der Waals surface area contributed by atoms with Gasteiger partial charge in [0.2, 0.25) is 0 Å². The normalized spacial score (nSPS) is 13.7. The van der Waals surface area contributed by atoms with Gasteiger partial charge >= 0.3 is 0 Å². The first kappa shape index (κ1) is 22.2. The van der Waals surface area contributed by atoms with Crippen molar-refractivity contribution in [2.45, 2.75) is 20.3 Å². The Morgan fingerprint density at radius 3 is 2.72 bits per heavy atom. The maximum atomic E-state index is 5.61. The number of imidazole rings is 1. The number of methoxy groups -OCH3 is 1. The highest BCUT2D eigenvalue weighted by molar-refractivity contribution is 5.98. The Morgan fingerprint density at radius 1 is 1.41 bits per heavy atom. The van der Waals surface area contributed by atoms with Crippen molar-refractivity contribution in [1.29, 1.82) is 0 Å². The van der Waals surface area contributed by atoms with E-state index in [1.54, 1.807) is 19.4 Å². The number of allylic oxidation sites excluding steroid dienone is 2. The van der Waals surface area contributed by atoms with E-state index in [1.165, 1.54) is 5.57 Å². The van der Waals surface area contributed by atoms with Crippen LogP contribution < -0.4 is 10.1 Å². The van der Waals surface area contributed by atoms with Crippen LogP contribution in [0, 0.1) is 0 Å². The zero-order valence-corrected chi connectivity index (χ0v) is 17.7. The number of ether oxygens (including phenoxy) is 2. The van der Waals surface area contributed by atoms with E-state index in [0.29, 0.717) is 12.4 Å². The van der Waals surface area contributed by atoms with Crippen LogP contribution in [0.3, 0.4) is 0 Å². The van der Waals surface area contributed by atoms with E-state index in [1.807, 2.05) is 49.9 Å². The Morgan fingerprint density at radius 2 is 2.17 bits per heavy atom. The number of hydrogen-bond acceptors (Lipinski definition) is 4. The smallest absolute Gasteiger partial charge is 0.175 e. The third kappa shape index (κ3) is 6.19. The van der Waals surface area contributed by atoms with Crippen LogP contribution in [-0.4, -0.2) is 35.7 Å². The molecule has 6 heteroatoms. The second-order valence-corrected chi connectivity index (χ2v) is 6.57. The molecule has 0 spiro atoms. The summed E-state index contributed by atoms with van der Waals surface area (Å²) < 4.78 is 12.9. The van der Waals surface area contributed by atoms with Gasteiger partial charge in [-0.05, 0) is 38.0 Å². The molecule has 1 aromatic carbocycles. The fourth-order valence-corrected chi connectivity index (χ4v) is 2.85. The minimum Gasteiger partial charge on any atom is -0.496 e. The van der Waals surface area contributed by atoms with Gasteiger partial charge in [-0.2, -0.15) is 0 Å². The van der Waals surface area contributed by atoms with Crippen molar-refractivity contribution in [3.8, 4) is 5.75 Å². The molecule has 1 aliphatic rings. The number of rotatable bonds is 5. The third-order valence-corrected chi connectivity index (χ3v) is 4.10. The minimum atomic E-state index is 0.643. The summed E-state index contributed by atoms with van der Waals surface area (Å²) in [6, 6.07) is 5.97. The lowest BCUT2D eigenvalue weighted by Gasteiger charge is -2.17. The number of amidine groups is 1. The van der Waals surface area contributed by atoms with Gasteiger partial charge in [-0.3, -0.25) is 0 Å². The lowest BCUT2D eigenvalue weighted by Crippen LogP contribution is -2.25. The molecule has 0 saturated carbocycles. The number of hydrogen-bond donors (Lipinski definition) is 1. The number of nitrogens with zero attached hydrogens (tertiary/aromatic N) is 3. The Balaban J connectivity index is 0.000000941. The van der Waals surface area contributed by atoms with Crippen LogP contribution in [0.25, 0.3) is 5.57 Å². The van der Waals surface area contributed by atoms with Gasteiger partial charge in [0.15, 0.2) is 11.7 Å². The molecule has 2 heterocycles. The molecular weight excluding hydrogens is 364 g/mol. The number of benzene rings is 1. The van der Waals surface area contributed by atoms with Crippen LogP contribution in [0.4, 0.5) is 5.69 Å². The van der Waals surface area contributed by atoms with Crippen LogP contribution in [0.15, 0.2) is 66.6 Å². The van der Waals surface area contributed by atoms with E-state index >= 15 is 0 Å². The molecule has 0 radical (unpaired) electrons. The molecule has 0 amide bonds. The maximum Gasteiger partial charge on any atom is 0.175 e. The molecule has 154 valence electrons. The highest BCUT2D eigenvalue weighted by atomic mass is 16.5. The van der Waals surface area contributed by atoms with Crippen LogP contribution in [0.2, 0.25) is 0 Å². The first-order valence-electron chi connectivity index (χ1n) is 9.51. The summed E-state index contributed by atoms with van der Waals surface area (Å²) in [6.07, 6.45) is 8.36. The van der Waals surface area contributed by atoms with Gasteiger partial charge < -0.3 is 19.4 Å². The van der Waals surface area contributed by atoms with E-state index in [-0.39, 0.29) is 0 Å². The molecule has 29 heavy (non-hydrogen) atoms. The molecule has 2 aromatic rings. The zero-order valence-electron chi connectivity index (χ0n) is 17.7. The summed E-state index contributed by atoms with van der Waals surface area (Å²) in [4.78, 5) is 9.11. The van der Waals surface area contributed by atoms with Gasteiger partial charge in [-0.25, -0.2) is 9.98 Å². The maximum absolute atomic E-state index is 5.61. The quantitative estimate of drug-likeness (QED) is 0.456. The van der Waals surface area contributed by atoms with E-state index < -0.39 is 0 Å². The van der Waals surface area contributed by atoms with Gasteiger partial charge in [-0.15, -0.1) is 6.58 Å². The summed E-state index contributed by atoms with van der Waals surface area (Å²) in [7, 11) is 3.61. The Bertz CT molecular complexity index is 909. The summed E-state index contributed by atoms with van der Waals surface area (Å²) >= 11 is 0. The molecule has 0 saturated heterocycles. The van der Waals surface area contributed by atoms with E-state index in [9.17, 15) is 0 Å². The number of aromatic nitrogens is 2. The predicted molar refractivity (Wildman–Crippen MR) is 120 cm³/mol. The molecule has 0 fully saturated rings. The predicted octanol–water partition coefficient (Wildman–Crippen LogP) is 4.63. The molecule has 1 aromatic heterocycles. The lowest BCUT2D eigenvalue weighted by molar-refractivity contribution is 0.161. The van der Waals surface area contributed by atoms with Gasteiger partial charge in [0.25, 0.3) is 0 Å². The van der Waals surface area contributed by atoms with Crippen molar-refractivity contribution < 1.29 is 9.47 Å². The van der Waals surface area contributed by atoms with Crippen LogP contribution >= 0.6 is 0 Å². The summed E-state index contributed by atoms with van der Waals surface area (Å²) in [5, 5.41) is 3.19. The van der Waals surface area contributed by atoms with Crippen molar-refractivity contribution in [3.63, 3.8) is 0 Å². The van der Waals surface area contributed by atoms with Crippen LogP contribution in [0.1, 0.15) is 31.7 Å². The molecule has 0 atom stereocenters. The molecule has 6 nitrogen and oxygen atoms in total. The molecule has 0 unspecified atom stereocenters. The summed E-state index contributed by atoms with van der Waals surface area (Å²) in [5.41, 5.74) is 3.90. The Hall–Kier alpha value is -3.12. The fraction of sp³-hybridized carbons (Fsp3) is 0.304. The Labute approximate surface area is 173 Å². The van der Waals surface area contributed by atoms with Crippen molar-refractivity contribution >= 4 is 17.1 Å². The molecule has 0 bridgehead atoms. The summed E-state index contributed by atoms with van der Waals surface area (Å²) in [6.45, 7) is 12.4. The molecule has 1 aliphatic heterocycles.